The van der Waals surface area contributed by atoms with Crippen molar-refractivity contribution < 1.29 is 35.9 Å². The summed E-state index contributed by atoms with van der Waals surface area (Å²) < 4.78 is 83.8. The zero-order valence-corrected chi connectivity index (χ0v) is 14.3. The van der Waals surface area contributed by atoms with Crippen LogP contribution in [0.5, 0.6) is 5.75 Å². The number of nitrogens with one attached hydrogen (secondary N) is 1. The zero-order valence-electron chi connectivity index (χ0n) is 14.3. The number of benzene rings is 2. The van der Waals surface area contributed by atoms with Crippen molar-refractivity contribution in [3.8, 4) is 11.4 Å². The summed E-state index contributed by atoms with van der Waals surface area (Å²) in [5, 5.41) is 5.66. The van der Waals surface area contributed by atoms with Gasteiger partial charge in [-0.15, -0.1) is 0 Å². The molecule has 0 aliphatic heterocycles. The van der Waals surface area contributed by atoms with Crippen molar-refractivity contribution in [3.05, 3.63) is 71.8 Å². The van der Waals surface area contributed by atoms with Gasteiger partial charge in [-0.3, -0.25) is 4.79 Å². The number of carbonyl (C=O) groups excluding carboxylic acids is 1. The van der Waals surface area contributed by atoms with Crippen LogP contribution in [0.1, 0.15) is 16.1 Å². The second-order valence-corrected chi connectivity index (χ2v) is 5.63. The number of hydrogen-bond acceptors (Lipinski definition) is 3. The Kier molecular flexibility index (Phi) is 5.48. The number of halogens is 6. The molecule has 5 nitrogen and oxygen atoms in total. The number of ether oxygens (including phenoxy) is 1. The van der Waals surface area contributed by atoms with E-state index in [9.17, 15) is 31.1 Å². The van der Waals surface area contributed by atoms with Gasteiger partial charge in [0.25, 0.3) is 5.91 Å². The third-order valence-corrected chi connectivity index (χ3v) is 3.68. The molecule has 0 aliphatic carbocycles. The molecule has 152 valence electrons. The van der Waals surface area contributed by atoms with Crippen molar-refractivity contribution >= 4 is 11.6 Å². The Labute approximate surface area is 159 Å². The first-order valence-electron chi connectivity index (χ1n) is 7.93. The first-order valence-corrected chi connectivity index (χ1v) is 7.93. The fourth-order valence-corrected chi connectivity index (χ4v) is 2.54. The van der Waals surface area contributed by atoms with E-state index in [0.717, 1.165) is 18.2 Å². The van der Waals surface area contributed by atoms with Gasteiger partial charge in [0, 0.05) is 11.8 Å². The largest absolute Gasteiger partial charge is 0.435 e. The third kappa shape index (κ3) is 4.50. The van der Waals surface area contributed by atoms with E-state index in [4.69, 9.17) is 0 Å². The highest BCUT2D eigenvalue weighted by molar-refractivity contribution is 6.05. The fraction of sp³-hybridized carbons (Fsp3) is 0.111. The molecule has 0 fully saturated rings. The average molecular weight is 415 g/mol. The van der Waals surface area contributed by atoms with Crippen LogP contribution in [0.3, 0.4) is 0 Å². The van der Waals surface area contributed by atoms with Crippen molar-refractivity contribution in [1.82, 2.24) is 9.78 Å². The Bertz CT molecular complexity index is 1030. The monoisotopic (exact) mass is 415 g/mol. The molecule has 2 aromatic carbocycles. The van der Waals surface area contributed by atoms with E-state index >= 15 is 0 Å². The van der Waals surface area contributed by atoms with Gasteiger partial charge in [0.15, 0.2) is 5.69 Å². The average Bonchev–Trinajstić information content (AvgIpc) is 3.07. The summed E-state index contributed by atoms with van der Waals surface area (Å²) in [4.78, 5) is 12.4. The second-order valence-electron chi connectivity index (χ2n) is 5.63. The van der Waals surface area contributed by atoms with E-state index < -0.39 is 41.5 Å². The number of carbonyl (C=O) groups is 1. The Morgan fingerprint density at radius 1 is 1.10 bits per heavy atom. The second kappa shape index (κ2) is 7.86. The van der Waals surface area contributed by atoms with E-state index in [-0.39, 0.29) is 16.1 Å². The van der Waals surface area contributed by atoms with Gasteiger partial charge in [-0.25, -0.2) is 9.07 Å². The SMILES string of the molecule is O=C(Nc1cccc(OC(F)F)c1)c1cnn(-c2ccccc2F)c1C(F)(F)F. The minimum absolute atomic E-state index is 0.0834. The maximum Gasteiger partial charge on any atom is 0.434 e. The highest BCUT2D eigenvalue weighted by Crippen LogP contribution is 2.34. The van der Waals surface area contributed by atoms with Crippen molar-refractivity contribution in [2.45, 2.75) is 12.8 Å². The summed E-state index contributed by atoms with van der Waals surface area (Å²) in [6, 6.07) is 9.35. The molecule has 0 unspecified atom stereocenters. The lowest BCUT2D eigenvalue weighted by Crippen LogP contribution is -2.21. The van der Waals surface area contributed by atoms with Crippen LogP contribution in [0.15, 0.2) is 54.7 Å². The molecule has 0 saturated heterocycles. The molecule has 0 radical (unpaired) electrons. The first kappa shape index (κ1) is 20.2. The molecule has 1 N–H and O–H groups in total. The molecule has 1 heterocycles. The fourth-order valence-electron chi connectivity index (χ4n) is 2.54. The minimum Gasteiger partial charge on any atom is -0.435 e. The van der Waals surface area contributed by atoms with Crippen LogP contribution in [-0.4, -0.2) is 22.3 Å². The minimum atomic E-state index is -5.04. The topological polar surface area (TPSA) is 56.1 Å². The molecule has 11 heteroatoms. The van der Waals surface area contributed by atoms with Crippen LogP contribution in [0.25, 0.3) is 5.69 Å². The zero-order chi connectivity index (χ0) is 21.2. The van der Waals surface area contributed by atoms with E-state index in [1.165, 1.54) is 30.3 Å². The molecule has 1 amide bonds. The number of rotatable bonds is 5. The van der Waals surface area contributed by atoms with Gasteiger partial charge in [-0.05, 0) is 24.3 Å². The molecule has 1 aromatic heterocycles. The molecule has 0 spiro atoms. The van der Waals surface area contributed by atoms with Gasteiger partial charge in [0.1, 0.15) is 17.3 Å². The quantitative estimate of drug-likeness (QED) is 0.604. The van der Waals surface area contributed by atoms with Crippen LogP contribution in [-0.2, 0) is 6.18 Å². The summed E-state index contributed by atoms with van der Waals surface area (Å²) in [5.74, 6) is -2.48. The lowest BCUT2D eigenvalue weighted by Gasteiger charge is -2.13. The van der Waals surface area contributed by atoms with E-state index in [1.54, 1.807) is 0 Å². The lowest BCUT2D eigenvalue weighted by atomic mass is 10.2. The molecule has 29 heavy (non-hydrogen) atoms. The molecular formula is C18H11F6N3O2. The number of alkyl halides is 5. The summed E-state index contributed by atoms with van der Waals surface area (Å²) in [7, 11) is 0. The van der Waals surface area contributed by atoms with Gasteiger partial charge in [0.2, 0.25) is 0 Å². The van der Waals surface area contributed by atoms with Gasteiger partial charge < -0.3 is 10.1 Å². The number of aromatic nitrogens is 2. The van der Waals surface area contributed by atoms with E-state index in [1.807, 2.05) is 0 Å². The maximum absolute atomic E-state index is 13.9. The number of amides is 1. The third-order valence-electron chi connectivity index (χ3n) is 3.68. The van der Waals surface area contributed by atoms with Gasteiger partial charge in [-0.2, -0.15) is 27.1 Å². The Morgan fingerprint density at radius 3 is 2.48 bits per heavy atom. The van der Waals surface area contributed by atoms with Crippen molar-refractivity contribution in [2.75, 3.05) is 5.32 Å². The number of anilines is 1. The van der Waals surface area contributed by atoms with Crippen LogP contribution in [0.4, 0.5) is 32.0 Å². The number of nitrogens with zero attached hydrogens (tertiary/aromatic N) is 2. The van der Waals surface area contributed by atoms with Crippen molar-refractivity contribution in [1.29, 1.82) is 0 Å². The predicted molar refractivity (Wildman–Crippen MR) is 89.6 cm³/mol. The Morgan fingerprint density at radius 2 is 1.83 bits per heavy atom. The van der Waals surface area contributed by atoms with Crippen LogP contribution < -0.4 is 10.1 Å². The highest BCUT2D eigenvalue weighted by Gasteiger charge is 2.41. The summed E-state index contributed by atoms with van der Waals surface area (Å²) in [5.41, 5.74) is -2.94. The van der Waals surface area contributed by atoms with Crippen LogP contribution >= 0.6 is 0 Å². The summed E-state index contributed by atoms with van der Waals surface area (Å²) >= 11 is 0. The molecule has 0 saturated carbocycles. The van der Waals surface area contributed by atoms with Gasteiger partial charge in [-0.1, -0.05) is 18.2 Å². The van der Waals surface area contributed by atoms with Crippen molar-refractivity contribution in [3.63, 3.8) is 0 Å². The standard InChI is InChI=1S/C18H11F6N3O2/c19-13-6-1-2-7-14(13)27-15(18(22,23)24)12(9-25-27)16(28)26-10-4-3-5-11(8-10)29-17(20)21/h1-9,17H,(H,26,28). The van der Waals surface area contributed by atoms with E-state index in [0.29, 0.717) is 6.20 Å². The summed E-state index contributed by atoms with van der Waals surface area (Å²) in [6.07, 6.45) is -4.39. The number of para-hydroxylation sites is 1. The first-order chi connectivity index (χ1) is 13.7. The molecular weight excluding hydrogens is 404 g/mol. The van der Waals surface area contributed by atoms with Gasteiger partial charge >= 0.3 is 12.8 Å². The maximum atomic E-state index is 13.9. The van der Waals surface area contributed by atoms with Crippen LogP contribution in [0, 0.1) is 5.82 Å². The van der Waals surface area contributed by atoms with Gasteiger partial charge in [0.05, 0.1) is 11.8 Å². The highest BCUT2D eigenvalue weighted by atomic mass is 19.4. The molecule has 3 aromatic rings. The molecule has 3 rings (SSSR count). The van der Waals surface area contributed by atoms with E-state index in [2.05, 4.69) is 15.2 Å². The Hall–Kier alpha value is -3.50. The molecule has 0 atom stereocenters. The van der Waals surface area contributed by atoms with Crippen LogP contribution in [0.2, 0.25) is 0 Å². The van der Waals surface area contributed by atoms with Crippen molar-refractivity contribution in [2.24, 2.45) is 0 Å². The lowest BCUT2D eigenvalue weighted by molar-refractivity contribution is -0.143. The predicted octanol–water partition coefficient (Wildman–Crippen LogP) is 4.88. The Balaban J connectivity index is 1.97. The smallest absolute Gasteiger partial charge is 0.434 e. The summed E-state index contributed by atoms with van der Waals surface area (Å²) in [6.45, 7) is -3.11. The normalized spacial score (nSPS) is 11.6. The number of hydrogen-bond donors (Lipinski definition) is 1. The molecule has 0 bridgehead atoms. The molecule has 0 aliphatic rings.